The number of likely N-dealkylation sites (tertiary alicyclic amines) is 1. The molecule has 0 aliphatic carbocycles. The van der Waals surface area contributed by atoms with E-state index in [1.54, 1.807) is 0 Å². The Morgan fingerprint density at radius 2 is 2.04 bits per heavy atom. The second-order valence-corrected chi connectivity index (χ2v) is 6.38. The molecule has 3 rings (SSSR count). The van der Waals surface area contributed by atoms with Gasteiger partial charge in [0.05, 0.1) is 11.4 Å². The summed E-state index contributed by atoms with van der Waals surface area (Å²) >= 11 is 0. The van der Waals surface area contributed by atoms with Crippen LogP contribution in [0.2, 0.25) is 0 Å². The van der Waals surface area contributed by atoms with E-state index in [1.807, 2.05) is 30.2 Å². The van der Waals surface area contributed by atoms with Gasteiger partial charge < -0.3 is 5.32 Å². The van der Waals surface area contributed by atoms with Crippen molar-refractivity contribution in [3.05, 3.63) is 48.0 Å². The summed E-state index contributed by atoms with van der Waals surface area (Å²) in [4.78, 5) is 6.94. The normalized spacial score (nSPS) is 18.2. The van der Waals surface area contributed by atoms with Gasteiger partial charge in [-0.2, -0.15) is 5.10 Å². The highest BCUT2D eigenvalue weighted by Crippen LogP contribution is 2.20. The molecule has 2 aromatic rings. The Labute approximate surface area is 138 Å². The summed E-state index contributed by atoms with van der Waals surface area (Å²) in [5, 5.41) is 8.13. The van der Waals surface area contributed by atoms with Crippen LogP contribution in [0.3, 0.4) is 0 Å². The average Bonchev–Trinajstić information content (AvgIpc) is 3.01. The van der Waals surface area contributed by atoms with Crippen LogP contribution in [0.1, 0.15) is 43.6 Å². The van der Waals surface area contributed by atoms with Crippen molar-refractivity contribution in [3.63, 3.8) is 0 Å². The Morgan fingerprint density at radius 3 is 2.65 bits per heavy atom. The van der Waals surface area contributed by atoms with Crippen molar-refractivity contribution in [1.82, 2.24) is 25.0 Å². The van der Waals surface area contributed by atoms with Crippen LogP contribution in [-0.2, 0) is 13.6 Å². The summed E-state index contributed by atoms with van der Waals surface area (Å²) < 4.78 is 1.98. The molecule has 23 heavy (non-hydrogen) atoms. The van der Waals surface area contributed by atoms with Crippen molar-refractivity contribution in [2.75, 3.05) is 13.1 Å². The van der Waals surface area contributed by atoms with Gasteiger partial charge in [0.1, 0.15) is 0 Å². The molecule has 0 aromatic carbocycles. The Bertz CT molecular complexity index is 586. The SMILES string of the molecule is CC[C@@H](NC1CCN(Cc2ccccn2)CC1)c1ccnn1C. The van der Waals surface area contributed by atoms with Crippen molar-refractivity contribution >= 4 is 0 Å². The molecular formula is C18H27N5. The number of hydrogen-bond donors (Lipinski definition) is 1. The Kier molecular flexibility index (Phi) is 5.41. The lowest BCUT2D eigenvalue weighted by atomic mass is 10.0. The van der Waals surface area contributed by atoms with Crippen LogP contribution in [0.25, 0.3) is 0 Å². The number of aromatic nitrogens is 3. The molecule has 0 spiro atoms. The maximum atomic E-state index is 4.43. The maximum Gasteiger partial charge on any atom is 0.0550 e. The molecule has 0 amide bonds. The van der Waals surface area contributed by atoms with Crippen LogP contribution < -0.4 is 5.32 Å². The van der Waals surface area contributed by atoms with Crippen LogP contribution in [0, 0.1) is 0 Å². The molecule has 0 unspecified atom stereocenters. The molecule has 2 aromatic heterocycles. The average molecular weight is 313 g/mol. The summed E-state index contributed by atoms with van der Waals surface area (Å²) in [5.74, 6) is 0. The van der Waals surface area contributed by atoms with E-state index >= 15 is 0 Å². The van der Waals surface area contributed by atoms with Gasteiger partial charge in [0, 0.05) is 51.2 Å². The van der Waals surface area contributed by atoms with Crippen LogP contribution in [0.4, 0.5) is 0 Å². The zero-order chi connectivity index (χ0) is 16.1. The third-order valence-corrected chi connectivity index (χ3v) is 4.76. The number of hydrogen-bond acceptors (Lipinski definition) is 4. The van der Waals surface area contributed by atoms with Gasteiger partial charge in [0.25, 0.3) is 0 Å². The smallest absolute Gasteiger partial charge is 0.0550 e. The number of aryl methyl sites for hydroxylation is 1. The highest BCUT2D eigenvalue weighted by Gasteiger charge is 2.23. The molecule has 5 heteroatoms. The third kappa shape index (κ3) is 4.18. The van der Waals surface area contributed by atoms with E-state index in [2.05, 4.69) is 45.4 Å². The van der Waals surface area contributed by atoms with Gasteiger partial charge in [-0.05, 0) is 37.5 Å². The number of nitrogens with one attached hydrogen (secondary N) is 1. The fraction of sp³-hybridized carbons (Fsp3) is 0.556. The minimum atomic E-state index is 0.398. The fourth-order valence-electron chi connectivity index (χ4n) is 3.40. The quantitative estimate of drug-likeness (QED) is 0.890. The van der Waals surface area contributed by atoms with Crippen molar-refractivity contribution < 1.29 is 0 Å². The van der Waals surface area contributed by atoms with Gasteiger partial charge in [0.15, 0.2) is 0 Å². The highest BCUT2D eigenvalue weighted by molar-refractivity contribution is 5.07. The van der Waals surface area contributed by atoms with Crippen molar-refractivity contribution in [2.45, 2.75) is 44.8 Å². The molecule has 1 aliphatic rings. The molecule has 1 atom stereocenters. The van der Waals surface area contributed by atoms with Crippen LogP contribution >= 0.6 is 0 Å². The van der Waals surface area contributed by atoms with Crippen molar-refractivity contribution in [3.8, 4) is 0 Å². The predicted molar refractivity (Wildman–Crippen MR) is 91.9 cm³/mol. The molecule has 0 saturated carbocycles. The topological polar surface area (TPSA) is 46.0 Å². The first-order valence-corrected chi connectivity index (χ1v) is 8.62. The van der Waals surface area contributed by atoms with E-state index in [9.17, 15) is 0 Å². The molecule has 1 saturated heterocycles. The van der Waals surface area contributed by atoms with Gasteiger partial charge in [0.2, 0.25) is 0 Å². The lowest BCUT2D eigenvalue weighted by molar-refractivity contribution is 0.180. The largest absolute Gasteiger partial charge is 0.306 e. The molecule has 1 aliphatic heterocycles. The number of piperidine rings is 1. The summed E-state index contributed by atoms with van der Waals surface area (Å²) in [6, 6.07) is 9.26. The standard InChI is InChI=1S/C18H27N5/c1-3-17(18-7-11-20-22(18)2)21-15-8-12-23(13-9-15)14-16-6-4-5-10-19-16/h4-7,10-11,15,17,21H,3,8-9,12-14H2,1-2H3/t17-/m1/s1. The van der Waals surface area contributed by atoms with E-state index in [1.165, 1.54) is 24.2 Å². The summed E-state index contributed by atoms with van der Waals surface area (Å²) in [7, 11) is 2.02. The first kappa shape index (κ1) is 16.1. The van der Waals surface area contributed by atoms with Gasteiger partial charge in [-0.3, -0.25) is 14.6 Å². The van der Waals surface area contributed by atoms with Crippen molar-refractivity contribution in [1.29, 1.82) is 0 Å². The molecule has 124 valence electrons. The van der Waals surface area contributed by atoms with Crippen molar-refractivity contribution in [2.24, 2.45) is 7.05 Å². The van der Waals surface area contributed by atoms with E-state index in [-0.39, 0.29) is 0 Å². The molecular weight excluding hydrogens is 286 g/mol. The highest BCUT2D eigenvalue weighted by atomic mass is 15.3. The van der Waals surface area contributed by atoms with Gasteiger partial charge in [-0.15, -0.1) is 0 Å². The Hall–Kier alpha value is -1.72. The zero-order valence-electron chi connectivity index (χ0n) is 14.2. The molecule has 0 radical (unpaired) electrons. The number of rotatable bonds is 6. The maximum absolute atomic E-state index is 4.43. The number of pyridine rings is 1. The first-order valence-electron chi connectivity index (χ1n) is 8.62. The van der Waals surface area contributed by atoms with E-state index in [4.69, 9.17) is 0 Å². The van der Waals surface area contributed by atoms with E-state index in [0.29, 0.717) is 12.1 Å². The molecule has 1 N–H and O–H groups in total. The monoisotopic (exact) mass is 313 g/mol. The predicted octanol–water partition coefficient (Wildman–Crippen LogP) is 2.52. The van der Waals surface area contributed by atoms with Gasteiger partial charge in [-0.25, -0.2) is 0 Å². The lowest BCUT2D eigenvalue weighted by Gasteiger charge is -2.34. The Morgan fingerprint density at radius 1 is 1.22 bits per heavy atom. The number of nitrogens with zero attached hydrogens (tertiary/aromatic N) is 4. The fourth-order valence-corrected chi connectivity index (χ4v) is 3.40. The van der Waals surface area contributed by atoms with Gasteiger partial charge >= 0.3 is 0 Å². The van der Waals surface area contributed by atoms with E-state index < -0.39 is 0 Å². The lowest BCUT2D eigenvalue weighted by Crippen LogP contribution is -2.43. The molecule has 5 nitrogen and oxygen atoms in total. The minimum Gasteiger partial charge on any atom is -0.306 e. The summed E-state index contributed by atoms with van der Waals surface area (Å²) in [6.07, 6.45) is 7.24. The zero-order valence-corrected chi connectivity index (χ0v) is 14.2. The third-order valence-electron chi connectivity index (χ3n) is 4.76. The van der Waals surface area contributed by atoms with Crippen LogP contribution in [0.5, 0.6) is 0 Å². The van der Waals surface area contributed by atoms with Gasteiger partial charge in [-0.1, -0.05) is 13.0 Å². The minimum absolute atomic E-state index is 0.398. The second-order valence-electron chi connectivity index (χ2n) is 6.38. The van der Waals surface area contributed by atoms with Crippen LogP contribution in [-0.4, -0.2) is 38.8 Å². The van der Waals surface area contributed by atoms with Crippen LogP contribution in [0.15, 0.2) is 36.7 Å². The summed E-state index contributed by atoms with van der Waals surface area (Å²) in [6.45, 7) is 5.47. The first-order chi connectivity index (χ1) is 11.3. The summed E-state index contributed by atoms with van der Waals surface area (Å²) in [5.41, 5.74) is 2.45. The van der Waals surface area contributed by atoms with E-state index in [0.717, 1.165) is 26.1 Å². The molecule has 1 fully saturated rings. The second kappa shape index (κ2) is 7.70. The Balaban J connectivity index is 1.50. The molecule has 3 heterocycles. The molecule has 0 bridgehead atoms.